The monoisotopic (exact) mass is 480 g/mol. The molecule has 0 N–H and O–H groups in total. The lowest BCUT2D eigenvalue weighted by Gasteiger charge is -2.48. The number of nitrogens with zero attached hydrogens (tertiary/aromatic N) is 4. The Bertz CT molecular complexity index is 953. The van der Waals surface area contributed by atoms with Crippen LogP contribution in [0.25, 0.3) is 10.4 Å². The summed E-state index contributed by atoms with van der Waals surface area (Å²) in [5.74, 6) is -1.48. The van der Waals surface area contributed by atoms with Gasteiger partial charge in [-0.15, -0.1) is 0 Å². The third-order valence-electron chi connectivity index (χ3n) is 6.52. The van der Waals surface area contributed by atoms with Crippen molar-refractivity contribution >= 4 is 0 Å². The first-order valence-electron chi connectivity index (χ1n) is 12.2. The highest BCUT2D eigenvalue weighted by Crippen LogP contribution is 2.34. The van der Waals surface area contributed by atoms with Gasteiger partial charge in [-0.25, -0.2) is 0 Å². The summed E-state index contributed by atoms with van der Waals surface area (Å²) in [5, 5.41) is 3.97. The van der Waals surface area contributed by atoms with E-state index in [9.17, 15) is 0 Å². The Morgan fingerprint density at radius 2 is 1.34 bits per heavy atom. The van der Waals surface area contributed by atoms with Crippen LogP contribution in [0, 0.1) is 0 Å². The summed E-state index contributed by atoms with van der Waals surface area (Å²) in [4.78, 5) is 5.45. The van der Waals surface area contributed by atoms with E-state index in [1.807, 2.05) is 39.8 Å². The first-order chi connectivity index (χ1) is 16.7. The molecular weight excluding hydrogens is 444 g/mol. The van der Waals surface area contributed by atoms with E-state index in [1.165, 1.54) is 11.1 Å². The molecule has 0 spiro atoms. The zero-order chi connectivity index (χ0) is 24.9. The number of hydrogen-bond acceptors (Lipinski definition) is 6. The molecule has 0 radical (unpaired) electrons. The van der Waals surface area contributed by atoms with Crippen LogP contribution in [0.3, 0.4) is 0 Å². The molecule has 8 heteroatoms. The summed E-state index contributed by atoms with van der Waals surface area (Å²) in [6, 6.07) is 20.4. The Labute approximate surface area is 207 Å². The summed E-state index contributed by atoms with van der Waals surface area (Å²) in [6.45, 7) is 10.00. The van der Waals surface area contributed by atoms with E-state index in [1.54, 1.807) is 0 Å². The van der Waals surface area contributed by atoms with Crippen molar-refractivity contribution in [3.05, 3.63) is 82.2 Å². The fourth-order valence-electron chi connectivity index (χ4n) is 4.82. The number of ether oxygens (including phenoxy) is 4. The van der Waals surface area contributed by atoms with Crippen molar-refractivity contribution in [1.29, 1.82) is 0 Å². The van der Waals surface area contributed by atoms with Gasteiger partial charge in [0.05, 0.1) is 37.5 Å². The maximum Gasteiger partial charge on any atom is 0.163 e. The summed E-state index contributed by atoms with van der Waals surface area (Å²) < 4.78 is 24.7. The molecule has 2 heterocycles. The highest BCUT2D eigenvalue weighted by atomic mass is 16.7. The van der Waals surface area contributed by atoms with Gasteiger partial charge in [-0.2, -0.15) is 0 Å². The smallest absolute Gasteiger partial charge is 0.163 e. The van der Waals surface area contributed by atoms with Gasteiger partial charge in [0.15, 0.2) is 11.6 Å². The molecule has 4 atom stereocenters. The molecule has 0 saturated carbocycles. The average Bonchev–Trinajstić information content (AvgIpc) is 2.81. The van der Waals surface area contributed by atoms with E-state index in [0.717, 1.165) is 13.1 Å². The van der Waals surface area contributed by atoms with Crippen molar-refractivity contribution in [3.63, 3.8) is 0 Å². The van der Waals surface area contributed by atoms with E-state index < -0.39 is 17.6 Å². The molecule has 2 saturated heterocycles. The Balaban J connectivity index is 1.62. The average molecular weight is 481 g/mol. The molecule has 2 aromatic carbocycles. The zero-order valence-electron chi connectivity index (χ0n) is 21.0. The van der Waals surface area contributed by atoms with Crippen LogP contribution in [-0.4, -0.2) is 54.0 Å². The summed E-state index contributed by atoms with van der Waals surface area (Å²) in [5.41, 5.74) is 11.6. The van der Waals surface area contributed by atoms with E-state index in [2.05, 4.69) is 63.5 Å². The van der Waals surface area contributed by atoms with E-state index in [0.29, 0.717) is 19.6 Å². The maximum absolute atomic E-state index is 9.11. The Hall–Kier alpha value is -2.45. The van der Waals surface area contributed by atoms with E-state index in [4.69, 9.17) is 24.5 Å². The van der Waals surface area contributed by atoms with Crippen LogP contribution in [0.15, 0.2) is 65.8 Å². The molecule has 0 bridgehead atoms. The highest BCUT2D eigenvalue weighted by molar-refractivity contribution is 5.17. The van der Waals surface area contributed by atoms with E-state index >= 15 is 0 Å². The SMILES string of the molecule is CC1(C)OC[C@@H](N=[N+]=[N-])[C@H](C[C@@H]2OC(C)(C)OC[C@@H]2N(Cc2ccccc2)Cc2ccccc2)O1. The third-order valence-corrected chi connectivity index (χ3v) is 6.52. The Morgan fingerprint density at radius 3 is 1.89 bits per heavy atom. The van der Waals surface area contributed by atoms with Crippen LogP contribution >= 0.6 is 0 Å². The van der Waals surface area contributed by atoms with Crippen LogP contribution < -0.4 is 0 Å². The zero-order valence-corrected chi connectivity index (χ0v) is 21.0. The number of rotatable bonds is 8. The van der Waals surface area contributed by atoms with Crippen LogP contribution in [0.1, 0.15) is 45.2 Å². The number of azide groups is 1. The molecular formula is C27H36N4O4. The maximum atomic E-state index is 9.11. The van der Waals surface area contributed by atoms with Crippen LogP contribution in [0.4, 0.5) is 0 Å². The molecule has 0 aliphatic carbocycles. The van der Waals surface area contributed by atoms with Gasteiger partial charge in [-0.05, 0) is 44.4 Å². The first-order valence-corrected chi connectivity index (χ1v) is 12.2. The summed E-state index contributed by atoms with van der Waals surface area (Å²) >= 11 is 0. The van der Waals surface area contributed by atoms with Crippen molar-refractivity contribution in [2.24, 2.45) is 5.11 Å². The Morgan fingerprint density at radius 1 is 0.829 bits per heavy atom. The van der Waals surface area contributed by atoms with Gasteiger partial charge in [0, 0.05) is 24.4 Å². The molecule has 8 nitrogen and oxygen atoms in total. The second-order valence-electron chi connectivity index (χ2n) is 10.2. The lowest BCUT2D eigenvalue weighted by atomic mass is 9.95. The number of benzene rings is 2. The minimum atomic E-state index is -0.754. The second kappa shape index (κ2) is 11.1. The first kappa shape index (κ1) is 25.6. The van der Waals surface area contributed by atoms with Gasteiger partial charge < -0.3 is 18.9 Å². The fraction of sp³-hybridized carbons (Fsp3) is 0.556. The van der Waals surface area contributed by atoms with Gasteiger partial charge in [-0.3, -0.25) is 4.90 Å². The van der Waals surface area contributed by atoms with Crippen molar-refractivity contribution in [1.82, 2.24) is 4.90 Å². The van der Waals surface area contributed by atoms with E-state index in [-0.39, 0.29) is 18.2 Å². The molecule has 2 aliphatic rings. The largest absolute Gasteiger partial charge is 0.350 e. The van der Waals surface area contributed by atoms with Gasteiger partial charge in [0.1, 0.15) is 0 Å². The van der Waals surface area contributed by atoms with Gasteiger partial charge in [-0.1, -0.05) is 65.8 Å². The molecule has 4 rings (SSSR count). The minimum Gasteiger partial charge on any atom is -0.350 e. The van der Waals surface area contributed by atoms with Crippen LogP contribution in [0.2, 0.25) is 0 Å². The lowest BCUT2D eigenvalue weighted by Crippen LogP contribution is -2.58. The van der Waals surface area contributed by atoms with Gasteiger partial charge in [0.25, 0.3) is 0 Å². The predicted molar refractivity (Wildman–Crippen MR) is 133 cm³/mol. The molecule has 0 amide bonds. The Kier molecular flexibility index (Phi) is 8.12. The molecule has 35 heavy (non-hydrogen) atoms. The van der Waals surface area contributed by atoms with Crippen LogP contribution in [0.5, 0.6) is 0 Å². The predicted octanol–water partition coefficient (Wildman–Crippen LogP) is 5.43. The standard InChI is InChI=1S/C27H36N4O4/c1-26(2)32-18-22(29-30-28)24(34-26)15-25-23(19-33-27(3,4)35-25)31(16-20-11-7-5-8-12-20)17-21-13-9-6-10-14-21/h5-14,22-25H,15-19H2,1-4H3/t22-,23+,24+,25+/m1/s1. The molecule has 0 unspecified atom stereocenters. The second-order valence-corrected chi connectivity index (χ2v) is 10.2. The van der Waals surface area contributed by atoms with Crippen molar-refractivity contribution < 1.29 is 18.9 Å². The molecule has 2 aromatic rings. The van der Waals surface area contributed by atoms with Crippen LogP contribution in [-0.2, 0) is 32.0 Å². The fourth-order valence-corrected chi connectivity index (χ4v) is 4.82. The quantitative estimate of drug-likeness (QED) is 0.286. The molecule has 2 fully saturated rings. The molecule has 2 aliphatic heterocycles. The number of hydrogen-bond donors (Lipinski definition) is 0. The third kappa shape index (κ3) is 7.04. The van der Waals surface area contributed by atoms with Gasteiger partial charge >= 0.3 is 0 Å². The van der Waals surface area contributed by atoms with Gasteiger partial charge in [0.2, 0.25) is 0 Å². The summed E-state index contributed by atoms with van der Waals surface area (Å²) in [6.07, 6.45) is 0.0430. The van der Waals surface area contributed by atoms with Crippen molar-refractivity contribution in [2.45, 2.75) is 83.1 Å². The summed E-state index contributed by atoms with van der Waals surface area (Å²) in [7, 11) is 0. The van der Waals surface area contributed by atoms with Crippen molar-refractivity contribution in [2.75, 3.05) is 13.2 Å². The normalized spacial score (nSPS) is 27.8. The van der Waals surface area contributed by atoms with Crippen molar-refractivity contribution in [3.8, 4) is 0 Å². The minimum absolute atomic E-state index is 0.0234. The molecule has 0 aromatic heterocycles. The molecule has 188 valence electrons. The highest BCUT2D eigenvalue weighted by Gasteiger charge is 2.44. The topological polar surface area (TPSA) is 88.9 Å². The lowest BCUT2D eigenvalue weighted by molar-refractivity contribution is -0.316.